The van der Waals surface area contributed by atoms with Crippen molar-refractivity contribution in [3.8, 4) is 16.9 Å². The molecule has 3 N–H and O–H groups in total. The smallest absolute Gasteiger partial charge is 0.312 e. The SMILES string of the molecule is C[C@@H]1CCC[C@H](n2cnc(-c3cc(Cl)ccc3-n3cc(C(F)(F)F)nn3)cc2=O)C2CC(CCN2)C2NN(c3cnccn3)CC2NC1. The van der Waals surface area contributed by atoms with Crippen molar-refractivity contribution < 1.29 is 13.2 Å². The molecule has 254 valence electrons. The predicted octanol–water partition coefficient (Wildman–Crippen LogP) is 4.03. The number of hydrogen-bond acceptors (Lipinski definition) is 10. The van der Waals surface area contributed by atoms with Crippen molar-refractivity contribution >= 4 is 17.4 Å². The molecule has 3 aromatic heterocycles. The number of rotatable bonds is 4. The molecule has 0 amide bonds. The van der Waals surface area contributed by atoms with Crippen molar-refractivity contribution in [3.63, 3.8) is 0 Å². The fourth-order valence-corrected chi connectivity index (χ4v) is 7.52. The van der Waals surface area contributed by atoms with E-state index in [1.54, 1.807) is 41.6 Å². The molecule has 12 nitrogen and oxygen atoms in total. The van der Waals surface area contributed by atoms with Gasteiger partial charge in [-0.1, -0.05) is 30.2 Å². The Kier molecular flexibility index (Phi) is 9.20. The number of piperidine rings is 1. The Labute approximate surface area is 280 Å². The van der Waals surface area contributed by atoms with Gasteiger partial charge in [0.2, 0.25) is 0 Å². The average molecular weight is 684 g/mol. The van der Waals surface area contributed by atoms with E-state index in [0.717, 1.165) is 68.4 Å². The number of anilines is 1. The molecule has 2 bridgehead atoms. The first-order valence-electron chi connectivity index (χ1n) is 16.3. The van der Waals surface area contributed by atoms with Gasteiger partial charge in [0.1, 0.15) is 0 Å². The summed E-state index contributed by atoms with van der Waals surface area (Å²) in [6.45, 7) is 4.74. The lowest BCUT2D eigenvalue weighted by Crippen LogP contribution is -2.54. The minimum absolute atomic E-state index is 0.0366. The highest BCUT2D eigenvalue weighted by Gasteiger charge is 2.42. The number of hydrazine groups is 1. The summed E-state index contributed by atoms with van der Waals surface area (Å²) in [5.41, 5.74) is 3.27. The zero-order valence-electron chi connectivity index (χ0n) is 26.3. The molecular weight excluding hydrogens is 647 g/mol. The fourth-order valence-electron chi connectivity index (χ4n) is 7.34. The highest BCUT2D eigenvalue weighted by molar-refractivity contribution is 6.31. The molecule has 0 saturated carbocycles. The third-order valence-corrected chi connectivity index (χ3v) is 10.0. The van der Waals surface area contributed by atoms with E-state index in [0.29, 0.717) is 22.4 Å². The molecule has 4 aromatic rings. The van der Waals surface area contributed by atoms with Gasteiger partial charge in [-0.05, 0) is 68.8 Å². The van der Waals surface area contributed by atoms with Crippen LogP contribution in [0.3, 0.4) is 0 Å². The van der Waals surface area contributed by atoms with Gasteiger partial charge in [0, 0.05) is 47.2 Å². The highest BCUT2D eigenvalue weighted by atomic mass is 35.5. The quantitative estimate of drug-likeness (QED) is 0.290. The van der Waals surface area contributed by atoms with Crippen LogP contribution in [0.4, 0.5) is 19.0 Å². The largest absolute Gasteiger partial charge is 0.436 e. The summed E-state index contributed by atoms with van der Waals surface area (Å²) in [6, 6.07) is 6.36. The van der Waals surface area contributed by atoms with Crippen LogP contribution < -0.4 is 26.6 Å². The van der Waals surface area contributed by atoms with Crippen LogP contribution in [-0.2, 0) is 6.18 Å². The number of nitrogens with one attached hydrogen (secondary N) is 3. The summed E-state index contributed by atoms with van der Waals surface area (Å²) < 4.78 is 42.6. The van der Waals surface area contributed by atoms with Gasteiger partial charge in [-0.25, -0.2) is 20.1 Å². The van der Waals surface area contributed by atoms with Gasteiger partial charge in [0.25, 0.3) is 5.56 Å². The Hall–Kier alpha value is -3.92. The number of hydrogen-bond donors (Lipinski definition) is 3. The van der Waals surface area contributed by atoms with Gasteiger partial charge in [-0.2, -0.15) is 13.2 Å². The molecule has 0 aliphatic carbocycles. The number of benzene rings is 1. The van der Waals surface area contributed by atoms with Gasteiger partial charge in [-0.3, -0.25) is 19.4 Å². The number of alkyl halides is 3. The molecule has 0 spiro atoms. The number of aromatic nitrogens is 7. The van der Waals surface area contributed by atoms with Crippen LogP contribution in [0.1, 0.15) is 50.8 Å². The van der Waals surface area contributed by atoms with E-state index >= 15 is 0 Å². The van der Waals surface area contributed by atoms with E-state index in [1.165, 1.54) is 12.1 Å². The lowest BCUT2D eigenvalue weighted by molar-refractivity contribution is -0.141. The second-order valence-corrected chi connectivity index (χ2v) is 13.5. The normalized spacial score (nSPS) is 26.8. The predicted molar refractivity (Wildman–Crippen MR) is 174 cm³/mol. The number of halogens is 4. The average Bonchev–Trinajstić information content (AvgIpc) is 3.75. The first-order valence-corrected chi connectivity index (χ1v) is 16.7. The summed E-state index contributed by atoms with van der Waals surface area (Å²) in [4.78, 5) is 27.3. The third-order valence-electron chi connectivity index (χ3n) is 9.78. The van der Waals surface area contributed by atoms with Gasteiger partial charge in [-0.15, -0.1) is 5.10 Å². The van der Waals surface area contributed by atoms with Gasteiger partial charge in [0.15, 0.2) is 11.5 Å². The molecule has 3 aliphatic rings. The van der Waals surface area contributed by atoms with Crippen LogP contribution in [0.2, 0.25) is 5.02 Å². The van der Waals surface area contributed by atoms with Gasteiger partial charge in [0.05, 0.1) is 42.7 Å². The molecule has 48 heavy (non-hydrogen) atoms. The van der Waals surface area contributed by atoms with Crippen LogP contribution in [0.5, 0.6) is 0 Å². The lowest BCUT2D eigenvalue weighted by Gasteiger charge is -2.40. The number of nitrogens with zero attached hydrogens (tertiary/aromatic N) is 8. The van der Waals surface area contributed by atoms with E-state index < -0.39 is 11.9 Å². The van der Waals surface area contributed by atoms with Crippen molar-refractivity contribution in [2.24, 2.45) is 11.8 Å². The van der Waals surface area contributed by atoms with E-state index in [2.05, 4.69) is 53.3 Å². The van der Waals surface area contributed by atoms with Crippen molar-refractivity contribution in [2.75, 3.05) is 24.6 Å². The van der Waals surface area contributed by atoms with Crippen LogP contribution in [0.25, 0.3) is 16.9 Å². The topological polar surface area (TPSA) is 131 Å². The van der Waals surface area contributed by atoms with Crippen molar-refractivity contribution in [2.45, 2.75) is 69.4 Å². The Morgan fingerprint density at radius 1 is 1.04 bits per heavy atom. The Bertz CT molecular complexity index is 1780. The highest BCUT2D eigenvalue weighted by Crippen LogP contribution is 2.34. The molecule has 7 rings (SSSR count). The molecule has 16 heteroatoms. The molecule has 3 fully saturated rings. The minimum Gasteiger partial charge on any atom is -0.312 e. The molecule has 0 radical (unpaired) electrons. The summed E-state index contributed by atoms with van der Waals surface area (Å²) in [7, 11) is 0. The van der Waals surface area contributed by atoms with E-state index in [1.807, 2.05) is 0 Å². The van der Waals surface area contributed by atoms with Crippen LogP contribution in [0, 0.1) is 11.8 Å². The minimum atomic E-state index is -4.65. The van der Waals surface area contributed by atoms with E-state index in [9.17, 15) is 18.0 Å². The maximum absolute atomic E-state index is 13.9. The Morgan fingerprint density at radius 2 is 1.92 bits per heavy atom. The van der Waals surface area contributed by atoms with Crippen LogP contribution in [0.15, 0.2) is 60.2 Å². The van der Waals surface area contributed by atoms with E-state index in [-0.39, 0.29) is 41.1 Å². The second-order valence-electron chi connectivity index (χ2n) is 13.0. The molecule has 4 unspecified atom stereocenters. The molecule has 3 saturated heterocycles. The standard InChI is InChI=1S/C32H37ClF3N11O/c1-19-3-2-4-27(24-11-20(7-8-38-24)31-25(40-14-19)16-47(43-31)29-15-37-9-10-39-29)45-18-41-23(13-30(45)48)22-12-21(33)5-6-26(22)46-17-28(42-44-46)32(34,35)36/h5-6,9-10,12-13,15,17-20,24-25,27,31,38,40,43H,2-4,7-8,11,14,16H2,1H3/t19-,20?,24?,25?,27+,31?/m1/s1. The summed E-state index contributed by atoms with van der Waals surface area (Å²) in [6.07, 6.45) is 7.44. The van der Waals surface area contributed by atoms with Crippen molar-refractivity contribution in [3.05, 3.63) is 76.5 Å². The Morgan fingerprint density at radius 3 is 2.69 bits per heavy atom. The third kappa shape index (κ3) is 6.81. The molecule has 6 atom stereocenters. The maximum atomic E-state index is 13.9. The van der Waals surface area contributed by atoms with Crippen molar-refractivity contribution in [1.29, 1.82) is 0 Å². The van der Waals surface area contributed by atoms with Crippen molar-refractivity contribution in [1.82, 2.24) is 50.6 Å². The molecular formula is C32H37ClF3N11O. The van der Waals surface area contributed by atoms with Gasteiger partial charge < -0.3 is 10.6 Å². The summed E-state index contributed by atoms with van der Waals surface area (Å²) >= 11 is 6.30. The maximum Gasteiger partial charge on any atom is 0.436 e. The van der Waals surface area contributed by atoms with Crippen LogP contribution in [-0.4, -0.2) is 72.3 Å². The molecule has 6 heterocycles. The van der Waals surface area contributed by atoms with Gasteiger partial charge >= 0.3 is 6.18 Å². The lowest BCUT2D eigenvalue weighted by atomic mass is 9.80. The number of fused-ring (bicyclic) bond motifs is 4. The van der Waals surface area contributed by atoms with Crippen LogP contribution >= 0.6 is 11.6 Å². The summed E-state index contributed by atoms with van der Waals surface area (Å²) in [5, 5.41) is 16.9. The summed E-state index contributed by atoms with van der Waals surface area (Å²) in [5.74, 6) is 1.57. The molecule has 3 aliphatic heterocycles. The monoisotopic (exact) mass is 683 g/mol. The second kappa shape index (κ2) is 13.5. The molecule has 1 aromatic carbocycles. The first kappa shape index (κ1) is 32.6. The fraction of sp³-hybridized carbons (Fsp3) is 0.500. The first-order chi connectivity index (χ1) is 23.1. The zero-order chi connectivity index (χ0) is 33.4. The Balaban J connectivity index is 1.18. The zero-order valence-corrected chi connectivity index (χ0v) is 27.1. The van der Waals surface area contributed by atoms with E-state index in [4.69, 9.17) is 11.6 Å².